The molecule has 0 radical (unpaired) electrons. The first kappa shape index (κ1) is 13.5. The minimum absolute atomic E-state index is 0.0775. The topological polar surface area (TPSA) is 59.2 Å². The summed E-state index contributed by atoms with van der Waals surface area (Å²) in [5, 5.41) is 0.946. The van der Waals surface area contributed by atoms with Crippen molar-refractivity contribution in [1.29, 1.82) is 0 Å². The maximum Gasteiger partial charge on any atom is 0.256 e. The van der Waals surface area contributed by atoms with Crippen molar-refractivity contribution in [2.45, 2.75) is 19.9 Å². The lowest BCUT2D eigenvalue weighted by Crippen LogP contribution is -2.26. The summed E-state index contributed by atoms with van der Waals surface area (Å²) in [7, 11) is 1.77. The molecule has 0 atom stereocenters. The van der Waals surface area contributed by atoms with Crippen molar-refractivity contribution in [1.82, 2.24) is 9.88 Å². The Kier molecular flexibility index (Phi) is 4.16. The van der Waals surface area contributed by atoms with Crippen molar-refractivity contribution in [2.75, 3.05) is 12.8 Å². The Balaban J connectivity index is 2.09. The van der Waals surface area contributed by atoms with Crippen LogP contribution in [0.5, 0.6) is 0 Å². The van der Waals surface area contributed by atoms with Gasteiger partial charge in [-0.3, -0.25) is 4.79 Å². The van der Waals surface area contributed by atoms with Gasteiger partial charge >= 0.3 is 0 Å². The van der Waals surface area contributed by atoms with Crippen LogP contribution in [-0.2, 0) is 13.0 Å². The van der Waals surface area contributed by atoms with E-state index in [1.54, 1.807) is 35.4 Å². The van der Waals surface area contributed by atoms with E-state index in [0.717, 1.165) is 11.4 Å². The summed E-state index contributed by atoms with van der Waals surface area (Å²) in [4.78, 5) is 19.5. The fourth-order valence-electron chi connectivity index (χ4n) is 1.76. The van der Waals surface area contributed by atoms with Gasteiger partial charge in [-0.15, -0.1) is 11.3 Å². The molecule has 0 aliphatic carbocycles. The van der Waals surface area contributed by atoms with Gasteiger partial charge in [0.05, 0.1) is 12.1 Å². The highest BCUT2D eigenvalue weighted by Gasteiger charge is 2.15. The zero-order valence-electron chi connectivity index (χ0n) is 11.1. The highest BCUT2D eigenvalue weighted by Crippen LogP contribution is 2.17. The standard InChI is InChI=1S/C14H17N3OS/c1-3-10-8-16-13(19-10)9-17(2)14(18)11-6-4-5-7-12(11)15/h4-8H,3,9,15H2,1-2H3. The van der Waals surface area contributed by atoms with Crippen molar-refractivity contribution < 1.29 is 4.79 Å². The lowest BCUT2D eigenvalue weighted by atomic mass is 10.1. The largest absolute Gasteiger partial charge is 0.398 e. The normalized spacial score (nSPS) is 10.4. The first-order valence-corrected chi connectivity index (χ1v) is 6.97. The number of benzene rings is 1. The first-order chi connectivity index (χ1) is 9.11. The van der Waals surface area contributed by atoms with Crippen molar-refractivity contribution in [2.24, 2.45) is 0 Å². The molecule has 4 nitrogen and oxygen atoms in total. The predicted octanol–water partition coefficient (Wildman–Crippen LogP) is 2.56. The number of nitrogens with zero attached hydrogens (tertiary/aromatic N) is 2. The molecule has 19 heavy (non-hydrogen) atoms. The summed E-state index contributed by atoms with van der Waals surface area (Å²) >= 11 is 1.64. The number of carbonyl (C=O) groups excluding carboxylic acids is 1. The van der Waals surface area contributed by atoms with Crippen LogP contribution in [0.15, 0.2) is 30.5 Å². The van der Waals surface area contributed by atoms with Crippen LogP contribution in [0, 0.1) is 0 Å². The number of hydrogen-bond donors (Lipinski definition) is 1. The molecule has 0 aliphatic rings. The third-order valence-corrected chi connectivity index (χ3v) is 3.99. The molecule has 2 N–H and O–H groups in total. The first-order valence-electron chi connectivity index (χ1n) is 6.15. The Bertz CT molecular complexity index is 580. The van der Waals surface area contributed by atoms with E-state index in [4.69, 9.17) is 5.73 Å². The van der Waals surface area contributed by atoms with Crippen molar-refractivity contribution >= 4 is 22.9 Å². The molecule has 1 aromatic carbocycles. The molecule has 0 aliphatic heterocycles. The van der Waals surface area contributed by atoms with Gasteiger partial charge in [-0.1, -0.05) is 19.1 Å². The molecule has 0 spiro atoms. The van der Waals surface area contributed by atoms with Crippen LogP contribution >= 0.6 is 11.3 Å². The van der Waals surface area contributed by atoms with E-state index in [2.05, 4.69) is 11.9 Å². The summed E-state index contributed by atoms with van der Waals surface area (Å²) in [6.45, 7) is 2.61. The number of aromatic nitrogens is 1. The summed E-state index contributed by atoms with van der Waals surface area (Å²) in [5.41, 5.74) is 6.86. The highest BCUT2D eigenvalue weighted by atomic mass is 32.1. The zero-order chi connectivity index (χ0) is 13.8. The molecule has 0 unspecified atom stereocenters. The third kappa shape index (κ3) is 3.12. The molecule has 0 bridgehead atoms. The maximum atomic E-state index is 12.3. The van der Waals surface area contributed by atoms with Gasteiger partial charge in [0, 0.05) is 23.8 Å². The van der Waals surface area contributed by atoms with Crippen molar-refractivity contribution in [3.05, 3.63) is 45.9 Å². The van der Waals surface area contributed by atoms with Gasteiger partial charge in [0.1, 0.15) is 5.01 Å². The third-order valence-electron chi connectivity index (χ3n) is 2.86. The molecule has 100 valence electrons. The van der Waals surface area contributed by atoms with Crippen LogP contribution in [0.3, 0.4) is 0 Å². The molecule has 1 amide bonds. The highest BCUT2D eigenvalue weighted by molar-refractivity contribution is 7.11. The van der Waals surface area contributed by atoms with Gasteiger partial charge in [-0.2, -0.15) is 0 Å². The molecular formula is C14H17N3OS. The van der Waals surface area contributed by atoms with E-state index in [1.807, 2.05) is 18.3 Å². The van der Waals surface area contributed by atoms with E-state index in [1.165, 1.54) is 4.88 Å². The van der Waals surface area contributed by atoms with E-state index in [9.17, 15) is 4.79 Å². The van der Waals surface area contributed by atoms with E-state index >= 15 is 0 Å². The van der Waals surface area contributed by atoms with Crippen LogP contribution in [0.4, 0.5) is 5.69 Å². The Labute approximate surface area is 116 Å². The van der Waals surface area contributed by atoms with Gasteiger partial charge in [-0.05, 0) is 18.6 Å². The Morgan fingerprint density at radius 2 is 2.16 bits per heavy atom. The number of anilines is 1. The predicted molar refractivity (Wildman–Crippen MR) is 78.1 cm³/mol. The van der Waals surface area contributed by atoms with E-state index in [-0.39, 0.29) is 5.91 Å². The second-order valence-corrected chi connectivity index (χ2v) is 5.52. The number of aryl methyl sites for hydroxylation is 1. The Morgan fingerprint density at radius 1 is 1.42 bits per heavy atom. The summed E-state index contributed by atoms with van der Waals surface area (Å²) in [6.07, 6.45) is 2.84. The lowest BCUT2D eigenvalue weighted by molar-refractivity contribution is 0.0786. The molecule has 1 aromatic heterocycles. The van der Waals surface area contributed by atoms with E-state index in [0.29, 0.717) is 17.8 Å². The van der Waals surface area contributed by atoms with Crippen LogP contribution in [0.2, 0.25) is 0 Å². The SMILES string of the molecule is CCc1cnc(CN(C)C(=O)c2ccccc2N)s1. The fourth-order valence-corrected chi connectivity index (χ4v) is 2.67. The summed E-state index contributed by atoms with van der Waals surface area (Å²) < 4.78 is 0. The number of thiazole rings is 1. The second-order valence-electron chi connectivity index (χ2n) is 4.32. The number of para-hydroxylation sites is 1. The number of nitrogen functional groups attached to an aromatic ring is 1. The van der Waals surface area contributed by atoms with E-state index < -0.39 is 0 Å². The quantitative estimate of drug-likeness (QED) is 0.872. The summed E-state index contributed by atoms with van der Waals surface area (Å²) in [5.74, 6) is -0.0775. The second kappa shape index (κ2) is 5.84. The molecule has 2 rings (SSSR count). The van der Waals surface area contributed by atoms with Gasteiger partial charge in [0.2, 0.25) is 0 Å². The van der Waals surface area contributed by atoms with Gasteiger partial charge in [0.25, 0.3) is 5.91 Å². The Morgan fingerprint density at radius 3 is 2.79 bits per heavy atom. The molecule has 0 fully saturated rings. The van der Waals surface area contributed by atoms with Gasteiger partial charge in [0.15, 0.2) is 0 Å². The molecule has 2 aromatic rings. The smallest absolute Gasteiger partial charge is 0.256 e. The van der Waals surface area contributed by atoms with Crippen LogP contribution < -0.4 is 5.73 Å². The molecule has 1 heterocycles. The van der Waals surface area contributed by atoms with Gasteiger partial charge < -0.3 is 10.6 Å². The minimum Gasteiger partial charge on any atom is -0.398 e. The number of carbonyl (C=O) groups is 1. The monoisotopic (exact) mass is 275 g/mol. The van der Waals surface area contributed by atoms with Crippen LogP contribution in [0.1, 0.15) is 27.2 Å². The van der Waals surface area contributed by atoms with Gasteiger partial charge in [-0.25, -0.2) is 4.98 Å². The lowest BCUT2D eigenvalue weighted by Gasteiger charge is -2.16. The average molecular weight is 275 g/mol. The van der Waals surface area contributed by atoms with Crippen LogP contribution in [-0.4, -0.2) is 22.8 Å². The molecule has 5 heteroatoms. The maximum absolute atomic E-state index is 12.3. The molecule has 0 saturated carbocycles. The molecule has 0 saturated heterocycles. The Hall–Kier alpha value is -1.88. The molecular weight excluding hydrogens is 258 g/mol. The van der Waals surface area contributed by atoms with Crippen molar-refractivity contribution in [3.63, 3.8) is 0 Å². The number of amides is 1. The van der Waals surface area contributed by atoms with Crippen molar-refractivity contribution in [3.8, 4) is 0 Å². The number of hydrogen-bond acceptors (Lipinski definition) is 4. The summed E-state index contributed by atoms with van der Waals surface area (Å²) in [6, 6.07) is 7.11. The fraction of sp³-hybridized carbons (Fsp3) is 0.286. The average Bonchev–Trinajstić information content (AvgIpc) is 2.86. The number of rotatable bonds is 4. The zero-order valence-corrected chi connectivity index (χ0v) is 11.9. The minimum atomic E-state index is -0.0775. The van der Waals surface area contributed by atoms with Crippen LogP contribution in [0.25, 0.3) is 0 Å². The number of nitrogens with two attached hydrogens (primary N) is 1.